The van der Waals surface area contributed by atoms with Crippen molar-refractivity contribution in [1.29, 1.82) is 0 Å². The van der Waals surface area contributed by atoms with Gasteiger partial charge in [-0.25, -0.2) is 4.79 Å². The van der Waals surface area contributed by atoms with Crippen LogP contribution in [0.2, 0.25) is 0 Å². The fraction of sp³-hybridized carbons (Fsp3) is 0.182. The molecule has 144 valence electrons. The molecule has 1 N–H and O–H groups in total. The summed E-state index contributed by atoms with van der Waals surface area (Å²) < 4.78 is 10.4. The summed E-state index contributed by atoms with van der Waals surface area (Å²) in [5, 5.41) is 3.35. The number of amides is 1. The van der Waals surface area contributed by atoms with Crippen molar-refractivity contribution in [3.8, 4) is 16.9 Å². The fourth-order valence-corrected chi connectivity index (χ4v) is 3.96. The summed E-state index contributed by atoms with van der Waals surface area (Å²) in [7, 11) is 1.57. The zero-order valence-corrected chi connectivity index (χ0v) is 16.8. The topological polar surface area (TPSA) is 64.6 Å². The van der Waals surface area contributed by atoms with Gasteiger partial charge in [0.05, 0.1) is 13.7 Å². The third-order valence-corrected chi connectivity index (χ3v) is 5.23. The molecule has 0 unspecified atom stereocenters. The molecular formula is C22H21NO4S. The molecule has 1 heterocycles. The Morgan fingerprint density at radius 3 is 2.32 bits per heavy atom. The van der Waals surface area contributed by atoms with Crippen molar-refractivity contribution < 1.29 is 19.1 Å². The molecule has 5 nitrogen and oxygen atoms in total. The number of thiophene rings is 1. The first kappa shape index (κ1) is 19.6. The van der Waals surface area contributed by atoms with Gasteiger partial charge in [0.2, 0.25) is 0 Å². The molecule has 0 aliphatic heterocycles. The van der Waals surface area contributed by atoms with E-state index in [1.165, 1.54) is 11.3 Å². The number of carbonyl (C=O) groups excluding carboxylic acids is 2. The van der Waals surface area contributed by atoms with Crippen molar-refractivity contribution >= 4 is 28.2 Å². The average Bonchev–Trinajstić information content (AvgIpc) is 3.04. The Kier molecular flexibility index (Phi) is 6.11. The Bertz CT molecular complexity index is 978. The van der Waals surface area contributed by atoms with Crippen molar-refractivity contribution in [2.45, 2.75) is 13.8 Å². The number of anilines is 1. The lowest BCUT2D eigenvalue weighted by Crippen LogP contribution is -2.14. The second-order valence-corrected chi connectivity index (χ2v) is 7.23. The average molecular weight is 395 g/mol. The van der Waals surface area contributed by atoms with Gasteiger partial charge in [0.15, 0.2) is 0 Å². The first-order valence-corrected chi connectivity index (χ1v) is 9.68. The van der Waals surface area contributed by atoms with Crippen LogP contribution in [0, 0.1) is 6.92 Å². The second-order valence-electron chi connectivity index (χ2n) is 6.01. The zero-order chi connectivity index (χ0) is 20.1. The maximum absolute atomic E-state index is 12.7. The largest absolute Gasteiger partial charge is 0.497 e. The third-order valence-electron chi connectivity index (χ3n) is 4.21. The summed E-state index contributed by atoms with van der Waals surface area (Å²) in [5.41, 5.74) is 2.55. The SMILES string of the molecule is CCOC(=O)c1c(NC(=O)c2ccc(OC)cc2)sc(C)c1-c1ccccc1. The minimum absolute atomic E-state index is 0.258. The molecule has 0 radical (unpaired) electrons. The monoisotopic (exact) mass is 395 g/mol. The van der Waals surface area contributed by atoms with E-state index in [1.54, 1.807) is 38.3 Å². The van der Waals surface area contributed by atoms with Gasteiger partial charge in [0.1, 0.15) is 16.3 Å². The highest BCUT2D eigenvalue weighted by atomic mass is 32.1. The van der Waals surface area contributed by atoms with Gasteiger partial charge in [-0.15, -0.1) is 11.3 Å². The van der Waals surface area contributed by atoms with Crippen molar-refractivity contribution in [3.05, 3.63) is 70.6 Å². The van der Waals surface area contributed by atoms with Gasteiger partial charge in [-0.05, 0) is 43.7 Å². The van der Waals surface area contributed by atoms with E-state index in [2.05, 4.69) is 5.32 Å². The zero-order valence-electron chi connectivity index (χ0n) is 15.9. The lowest BCUT2D eigenvalue weighted by Gasteiger charge is -2.09. The molecule has 2 aromatic carbocycles. The van der Waals surface area contributed by atoms with Gasteiger partial charge in [-0.2, -0.15) is 0 Å². The first-order valence-electron chi connectivity index (χ1n) is 8.86. The van der Waals surface area contributed by atoms with Crippen LogP contribution in [0.3, 0.4) is 0 Å². The number of esters is 1. The summed E-state index contributed by atoms with van der Waals surface area (Å²) in [6.45, 7) is 3.95. The highest BCUT2D eigenvalue weighted by molar-refractivity contribution is 7.17. The molecule has 0 spiro atoms. The van der Waals surface area contributed by atoms with Gasteiger partial charge < -0.3 is 14.8 Å². The van der Waals surface area contributed by atoms with E-state index in [1.807, 2.05) is 37.3 Å². The van der Waals surface area contributed by atoms with Crippen LogP contribution in [0.25, 0.3) is 11.1 Å². The van der Waals surface area contributed by atoms with Gasteiger partial charge in [0, 0.05) is 16.0 Å². The molecule has 6 heteroatoms. The van der Waals surface area contributed by atoms with Crippen LogP contribution in [0.4, 0.5) is 5.00 Å². The highest BCUT2D eigenvalue weighted by Gasteiger charge is 2.25. The number of carbonyl (C=O) groups is 2. The highest BCUT2D eigenvalue weighted by Crippen LogP contribution is 2.40. The molecule has 0 saturated heterocycles. The number of ether oxygens (including phenoxy) is 2. The maximum Gasteiger partial charge on any atom is 0.341 e. The Morgan fingerprint density at radius 2 is 1.71 bits per heavy atom. The number of nitrogens with one attached hydrogen (secondary N) is 1. The first-order chi connectivity index (χ1) is 13.5. The Hall–Kier alpha value is -3.12. The van der Waals surface area contributed by atoms with Crippen LogP contribution in [-0.2, 0) is 4.74 Å². The summed E-state index contributed by atoms with van der Waals surface area (Å²) in [6.07, 6.45) is 0. The molecule has 28 heavy (non-hydrogen) atoms. The Balaban J connectivity index is 2.00. The molecule has 0 aliphatic carbocycles. The van der Waals surface area contributed by atoms with E-state index >= 15 is 0 Å². The van der Waals surface area contributed by atoms with E-state index in [9.17, 15) is 9.59 Å². The molecule has 1 amide bonds. The van der Waals surface area contributed by atoms with E-state index in [0.717, 1.165) is 16.0 Å². The van der Waals surface area contributed by atoms with Gasteiger partial charge in [0.25, 0.3) is 5.91 Å². The van der Waals surface area contributed by atoms with Crippen LogP contribution in [-0.4, -0.2) is 25.6 Å². The number of methoxy groups -OCH3 is 1. The normalized spacial score (nSPS) is 10.4. The number of hydrogen-bond acceptors (Lipinski definition) is 5. The predicted octanol–water partition coefficient (Wildman–Crippen LogP) is 5.16. The van der Waals surface area contributed by atoms with Gasteiger partial charge >= 0.3 is 5.97 Å². The number of hydrogen-bond donors (Lipinski definition) is 1. The molecule has 3 aromatic rings. The maximum atomic E-state index is 12.7. The minimum atomic E-state index is -0.448. The minimum Gasteiger partial charge on any atom is -0.497 e. The Morgan fingerprint density at radius 1 is 1.04 bits per heavy atom. The van der Waals surface area contributed by atoms with Crippen LogP contribution >= 0.6 is 11.3 Å². The summed E-state index contributed by atoms with van der Waals surface area (Å²) in [5.74, 6) is -0.0770. The smallest absolute Gasteiger partial charge is 0.341 e. The Labute approximate surface area is 167 Å². The molecule has 1 aromatic heterocycles. The summed E-state index contributed by atoms with van der Waals surface area (Å²) in [4.78, 5) is 26.3. The van der Waals surface area contributed by atoms with Gasteiger partial charge in [-0.3, -0.25) is 4.79 Å². The molecule has 0 atom stereocenters. The molecule has 0 bridgehead atoms. The lowest BCUT2D eigenvalue weighted by molar-refractivity contribution is 0.0529. The predicted molar refractivity (Wildman–Crippen MR) is 111 cm³/mol. The standard InChI is InChI=1S/C22H21NO4S/c1-4-27-22(25)19-18(15-8-6-5-7-9-15)14(2)28-21(19)23-20(24)16-10-12-17(26-3)13-11-16/h5-13H,4H2,1-3H3,(H,23,24). The van der Waals surface area contributed by atoms with Crippen LogP contribution in [0.15, 0.2) is 54.6 Å². The summed E-state index contributed by atoms with van der Waals surface area (Å²) in [6, 6.07) is 16.4. The van der Waals surface area contributed by atoms with Gasteiger partial charge in [-0.1, -0.05) is 30.3 Å². The second kappa shape index (κ2) is 8.71. The van der Waals surface area contributed by atoms with Crippen molar-refractivity contribution in [2.75, 3.05) is 19.0 Å². The molecule has 3 rings (SSSR count). The number of aryl methyl sites for hydroxylation is 1. The lowest BCUT2D eigenvalue weighted by atomic mass is 10.0. The quantitative estimate of drug-likeness (QED) is 0.586. The third kappa shape index (κ3) is 4.07. The number of rotatable bonds is 6. The number of benzene rings is 2. The fourth-order valence-electron chi connectivity index (χ4n) is 2.90. The molecule has 0 saturated carbocycles. The van der Waals surface area contributed by atoms with Crippen LogP contribution < -0.4 is 10.1 Å². The van der Waals surface area contributed by atoms with E-state index in [4.69, 9.17) is 9.47 Å². The van der Waals surface area contributed by atoms with Crippen molar-refractivity contribution in [2.24, 2.45) is 0 Å². The summed E-state index contributed by atoms with van der Waals surface area (Å²) >= 11 is 1.36. The van der Waals surface area contributed by atoms with Crippen LogP contribution in [0.5, 0.6) is 5.75 Å². The van der Waals surface area contributed by atoms with E-state index < -0.39 is 5.97 Å². The molecule has 0 fully saturated rings. The van der Waals surface area contributed by atoms with Crippen LogP contribution in [0.1, 0.15) is 32.5 Å². The van der Waals surface area contributed by atoms with E-state index in [-0.39, 0.29) is 12.5 Å². The van der Waals surface area contributed by atoms with E-state index in [0.29, 0.717) is 21.9 Å². The molecular weight excluding hydrogens is 374 g/mol. The van der Waals surface area contributed by atoms with Crippen molar-refractivity contribution in [1.82, 2.24) is 0 Å². The molecule has 0 aliphatic rings. The van der Waals surface area contributed by atoms with Crippen molar-refractivity contribution in [3.63, 3.8) is 0 Å².